The normalized spacial score (nSPS) is 14.4. The van der Waals surface area contributed by atoms with E-state index < -0.39 is 0 Å². The minimum atomic E-state index is -0.253. The molecule has 3 nitrogen and oxygen atoms in total. The van der Waals surface area contributed by atoms with Gasteiger partial charge in [-0.1, -0.05) is 12.1 Å². The molecule has 2 N–H and O–H groups in total. The molecule has 0 fully saturated rings. The number of nitrogens with zero attached hydrogens (tertiary/aromatic N) is 2. The van der Waals surface area contributed by atoms with Gasteiger partial charge < -0.3 is 5.73 Å². The molecule has 1 rings (SSSR count). The van der Waals surface area contributed by atoms with Gasteiger partial charge in [0, 0.05) is 18.6 Å². The lowest BCUT2D eigenvalue weighted by Crippen LogP contribution is -2.36. The summed E-state index contributed by atoms with van der Waals surface area (Å²) in [5, 5.41) is 8.69. The highest BCUT2D eigenvalue weighted by Gasteiger charge is 2.19. The minimum Gasteiger partial charge on any atom is -0.329 e. The molecule has 0 saturated carbocycles. The largest absolute Gasteiger partial charge is 0.329 e. The van der Waals surface area contributed by atoms with Gasteiger partial charge in [0.25, 0.3) is 0 Å². The molecule has 0 amide bonds. The number of nitrogens with two attached hydrogens (primary N) is 1. The maximum absolute atomic E-state index is 12.8. The van der Waals surface area contributed by atoms with E-state index in [1.54, 1.807) is 12.1 Å². The van der Waals surface area contributed by atoms with E-state index in [-0.39, 0.29) is 17.9 Å². The zero-order valence-electron chi connectivity index (χ0n) is 10.2. The summed E-state index contributed by atoms with van der Waals surface area (Å²) < 4.78 is 12.8. The fourth-order valence-electron chi connectivity index (χ4n) is 1.81. The molecule has 0 aliphatic carbocycles. The van der Waals surface area contributed by atoms with Crippen LogP contribution in [0.5, 0.6) is 0 Å². The van der Waals surface area contributed by atoms with Crippen LogP contribution in [0.15, 0.2) is 24.3 Å². The van der Waals surface area contributed by atoms with Gasteiger partial charge in [0.15, 0.2) is 0 Å². The monoisotopic (exact) mass is 235 g/mol. The first-order valence-corrected chi connectivity index (χ1v) is 5.64. The van der Waals surface area contributed by atoms with Crippen molar-refractivity contribution in [3.63, 3.8) is 0 Å². The SMILES string of the molecule is CC(CC#N)N(C)C(CN)c1ccc(F)cc1. The molecule has 0 radical (unpaired) electrons. The standard InChI is InChI=1S/C13H18FN3/c1-10(7-8-15)17(2)13(9-16)11-3-5-12(14)6-4-11/h3-6,10,13H,7,9,16H2,1-2H3. The van der Waals surface area contributed by atoms with Crippen molar-refractivity contribution >= 4 is 0 Å². The van der Waals surface area contributed by atoms with Crippen molar-refractivity contribution in [3.05, 3.63) is 35.6 Å². The zero-order valence-corrected chi connectivity index (χ0v) is 10.2. The second kappa shape index (κ2) is 6.33. The Balaban J connectivity index is 2.84. The summed E-state index contributed by atoms with van der Waals surface area (Å²) in [4.78, 5) is 2.05. The summed E-state index contributed by atoms with van der Waals surface area (Å²) in [5.74, 6) is -0.253. The second-order valence-electron chi connectivity index (χ2n) is 4.18. The first kappa shape index (κ1) is 13.6. The lowest BCUT2D eigenvalue weighted by molar-refractivity contribution is 0.191. The number of hydrogen-bond acceptors (Lipinski definition) is 3. The van der Waals surface area contributed by atoms with Gasteiger partial charge >= 0.3 is 0 Å². The highest BCUT2D eigenvalue weighted by molar-refractivity contribution is 5.20. The maximum Gasteiger partial charge on any atom is 0.123 e. The molecular formula is C13H18FN3. The Morgan fingerprint density at radius 1 is 1.41 bits per heavy atom. The lowest BCUT2D eigenvalue weighted by Gasteiger charge is -2.31. The van der Waals surface area contributed by atoms with E-state index in [1.165, 1.54) is 12.1 Å². The van der Waals surface area contributed by atoms with E-state index in [1.807, 2.05) is 14.0 Å². The number of benzene rings is 1. The Morgan fingerprint density at radius 3 is 2.47 bits per heavy atom. The summed E-state index contributed by atoms with van der Waals surface area (Å²) in [6, 6.07) is 8.62. The zero-order chi connectivity index (χ0) is 12.8. The van der Waals surface area contributed by atoms with Gasteiger partial charge in [0.05, 0.1) is 12.5 Å². The summed E-state index contributed by atoms with van der Waals surface area (Å²) in [6.07, 6.45) is 0.453. The van der Waals surface area contributed by atoms with Crippen LogP contribution in [0.1, 0.15) is 24.9 Å². The molecular weight excluding hydrogens is 217 g/mol. The molecule has 0 spiro atoms. The lowest BCUT2D eigenvalue weighted by atomic mass is 10.0. The molecule has 0 bridgehead atoms. The van der Waals surface area contributed by atoms with Gasteiger partial charge in [0.2, 0.25) is 0 Å². The van der Waals surface area contributed by atoms with Crippen LogP contribution in [-0.2, 0) is 0 Å². The average molecular weight is 235 g/mol. The quantitative estimate of drug-likeness (QED) is 0.850. The van der Waals surface area contributed by atoms with E-state index in [2.05, 4.69) is 11.0 Å². The number of hydrogen-bond donors (Lipinski definition) is 1. The Labute approximate surface area is 102 Å². The van der Waals surface area contributed by atoms with Gasteiger partial charge in [-0.3, -0.25) is 4.90 Å². The smallest absolute Gasteiger partial charge is 0.123 e. The maximum atomic E-state index is 12.8. The Morgan fingerprint density at radius 2 is 2.00 bits per heavy atom. The van der Waals surface area contributed by atoms with E-state index in [4.69, 9.17) is 11.0 Å². The van der Waals surface area contributed by atoms with Crippen LogP contribution in [-0.4, -0.2) is 24.5 Å². The van der Waals surface area contributed by atoms with Gasteiger partial charge in [-0.05, 0) is 31.7 Å². The van der Waals surface area contributed by atoms with Crippen molar-refractivity contribution in [3.8, 4) is 6.07 Å². The predicted octanol–water partition coefficient (Wildman–Crippen LogP) is 2.06. The molecule has 0 aliphatic heterocycles. The number of nitriles is 1. The highest BCUT2D eigenvalue weighted by atomic mass is 19.1. The summed E-state index contributed by atoms with van der Waals surface area (Å²) in [7, 11) is 1.93. The fourth-order valence-corrected chi connectivity index (χ4v) is 1.81. The van der Waals surface area contributed by atoms with Gasteiger partial charge in [0.1, 0.15) is 5.82 Å². The van der Waals surface area contributed by atoms with Crippen molar-refractivity contribution in [2.24, 2.45) is 5.73 Å². The summed E-state index contributed by atoms with van der Waals surface area (Å²) >= 11 is 0. The third-order valence-electron chi connectivity index (χ3n) is 3.05. The van der Waals surface area contributed by atoms with Crippen LogP contribution in [0.2, 0.25) is 0 Å². The van der Waals surface area contributed by atoms with Crippen molar-refractivity contribution in [2.75, 3.05) is 13.6 Å². The number of halogens is 1. The van der Waals surface area contributed by atoms with Gasteiger partial charge in [-0.25, -0.2) is 4.39 Å². The molecule has 1 aromatic carbocycles. The molecule has 92 valence electrons. The summed E-state index contributed by atoms with van der Waals surface area (Å²) in [5.41, 5.74) is 6.73. The molecule has 0 aliphatic rings. The highest BCUT2D eigenvalue weighted by Crippen LogP contribution is 2.21. The number of rotatable bonds is 5. The van der Waals surface area contributed by atoms with E-state index in [0.29, 0.717) is 13.0 Å². The van der Waals surface area contributed by atoms with Crippen molar-refractivity contribution in [1.29, 1.82) is 5.26 Å². The molecule has 17 heavy (non-hydrogen) atoms. The van der Waals surface area contributed by atoms with Crippen LogP contribution >= 0.6 is 0 Å². The van der Waals surface area contributed by atoms with E-state index in [9.17, 15) is 4.39 Å². The molecule has 1 aromatic rings. The minimum absolute atomic E-state index is 0.0129. The predicted molar refractivity (Wildman–Crippen MR) is 65.7 cm³/mol. The van der Waals surface area contributed by atoms with Crippen molar-refractivity contribution < 1.29 is 4.39 Å². The van der Waals surface area contributed by atoms with Crippen LogP contribution in [0.3, 0.4) is 0 Å². The van der Waals surface area contributed by atoms with Gasteiger partial charge in [-0.2, -0.15) is 5.26 Å². The van der Waals surface area contributed by atoms with E-state index in [0.717, 1.165) is 5.56 Å². The molecule has 2 atom stereocenters. The molecule has 0 heterocycles. The second-order valence-corrected chi connectivity index (χ2v) is 4.18. The molecule has 0 aromatic heterocycles. The average Bonchev–Trinajstić information content (AvgIpc) is 2.32. The van der Waals surface area contributed by atoms with E-state index >= 15 is 0 Å². The Kier molecular flexibility index (Phi) is 5.08. The third-order valence-corrected chi connectivity index (χ3v) is 3.05. The molecule has 4 heteroatoms. The molecule has 0 saturated heterocycles. The topological polar surface area (TPSA) is 53.0 Å². The molecule has 2 unspecified atom stereocenters. The summed E-state index contributed by atoms with van der Waals surface area (Å²) in [6.45, 7) is 2.42. The van der Waals surface area contributed by atoms with Crippen LogP contribution < -0.4 is 5.73 Å². The first-order chi connectivity index (χ1) is 8.10. The van der Waals surface area contributed by atoms with Crippen molar-refractivity contribution in [1.82, 2.24) is 4.90 Å². The van der Waals surface area contributed by atoms with Crippen LogP contribution in [0, 0.1) is 17.1 Å². The van der Waals surface area contributed by atoms with Crippen LogP contribution in [0.25, 0.3) is 0 Å². The Hall–Kier alpha value is -1.44. The van der Waals surface area contributed by atoms with Crippen LogP contribution in [0.4, 0.5) is 4.39 Å². The number of likely N-dealkylation sites (N-methyl/N-ethyl adjacent to an activating group) is 1. The van der Waals surface area contributed by atoms with Crippen molar-refractivity contribution in [2.45, 2.75) is 25.4 Å². The Bertz CT molecular complexity index is 383. The van der Waals surface area contributed by atoms with Gasteiger partial charge in [-0.15, -0.1) is 0 Å². The third kappa shape index (κ3) is 3.52. The first-order valence-electron chi connectivity index (χ1n) is 5.64. The fraction of sp³-hybridized carbons (Fsp3) is 0.462.